The summed E-state index contributed by atoms with van der Waals surface area (Å²) >= 11 is 0. The van der Waals surface area contributed by atoms with Crippen LogP contribution in [-0.4, -0.2) is 47.8 Å². The fourth-order valence-corrected chi connectivity index (χ4v) is 3.33. The van der Waals surface area contributed by atoms with E-state index >= 15 is 0 Å². The van der Waals surface area contributed by atoms with E-state index in [0.29, 0.717) is 6.04 Å². The first-order valence-corrected chi connectivity index (χ1v) is 7.95. The van der Waals surface area contributed by atoms with E-state index in [1.807, 2.05) is 0 Å². The van der Waals surface area contributed by atoms with Crippen LogP contribution in [0, 0.1) is 0 Å². The molecule has 1 aliphatic carbocycles. The molecule has 3 nitrogen and oxygen atoms in total. The lowest BCUT2D eigenvalue weighted by Crippen LogP contribution is -2.59. The zero-order valence-corrected chi connectivity index (χ0v) is 13.5. The molecule has 1 atom stereocenters. The van der Waals surface area contributed by atoms with Gasteiger partial charge in [0.2, 0.25) is 0 Å². The average Bonchev–Trinajstić information content (AvgIpc) is 3.03. The van der Waals surface area contributed by atoms with E-state index in [2.05, 4.69) is 44.8 Å². The number of hydrogen-bond donors (Lipinski definition) is 1. The van der Waals surface area contributed by atoms with Gasteiger partial charge in [0.1, 0.15) is 0 Å². The van der Waals surface area contributed by atoms with E-state index in [4.69, 9.17) is 4.74 Å². The van der Waals surface area contributed by atoms with Gasteiger partial charge in [-0.05, 0) is 66.8 Å². The zero-order chi connectivity index (χ0) is 14.1. The molecule has 3 heteroatoms. The summed E-state index contributed by atoms with van der Waals surface area (Å²) in [4.78, 5) is 2.61. The molecule has 0 aromatic heterocycles. The Bertz CT molecular complexity index is 281. The topological polar surface area (TPSA) is 24.5 Å². The van der Waals surface area contributed by atoms with Gasteiger partial charge in [-0.1, -0.05) is 0 Å². The second-order valence-electron chi connectivity index (χ2n) is 7.75. The summed E-state index contributed by atoms with van der Waals surface area (Å²) in [5.74, 6) is 0. The van der Waals surface area contributed by atoms with Crippen molar-refractivity contribution < 1.29 is 4.74 Å². The van der Waals surface area contributed by atoms with E-state index in [9.17, 15) is 0 Å². The number of nitrogens with zero attached hydrogens (tertiary/aromatic N) is 1. The molecule has 19 heavy (non-hydrogen) atoms. The number of rotatable bonds is 6. The van der Waals surface area contributed by atoms with Gasteiger partial charge in [0.05, 0.1) is 11.2 Å². The quantitative estimate of drug-likeness (QED) is 0.750. The lowest BCUT2D eigenvalue weighted by atomic mass is 9.96. The van der Waals surface area contributed by atoms with Crippen LogP contribution in [0.4, 0.5) is 0 Å². The first kappa shape index (κ1) is 15.3. The molecule has 2 fully saturated rings. The van der Waals surface area contributed by atoms with Crippen molar-refractivity contribution in [2.24, 2.45) is 0 Å². The Balaban J connectivity index is 1.74. The predicted octanol–water partition coefficient (Wildman–Crippen LogP) is 2.80. The second kappa shape index (κ2) is 5.71. The highest BCUT2D eigenvalue weighted by Crippen LogP contribution is 2.29. The van der Waals surface area contributed by atoms with E-state index in [-0.39, 0.29) is 11.2 Å². The molecule has 1 heterocycles. The molecule has 1 N–H and O–H groups in total. The summed E-state index contributed by atoms with van der Waals surface area (Å²) < 4.78 is 6.15. The summed E-state index contributed by atoms with van der Waals surface area (Å²) in [5, 5.41) is 3.60. The first-order chi connectivity index (χ1) is 8.77. The van der Waals surface area contributed by atoms with Crippen LogP contribution in [0.1, 0.15) is 60.3 Å². The normalized spacial score (nSPS) is 28.3. The maximum atomic E-state index is 6.15. The standard InChI is InChI=1S/C16H32N2O/c1-13(7-6-10-17-14-8-9-14)18-11-15(2,3)19-16(4,5)12-18/h13-14,17H,6-12H2,1-5H3. The van der Waals surface area contributed by atoms with Gasteiger partial charge in [0, 0.05) is 25.2 Å². The van der Waals surface area contributed by atoms with E-state index in [1.165, 1.54) is 32.2 Å². The molecule has 1 saturated heterocycles. The summed E-state index contributed by atoms with van der Waals surface area (Å²) in [5.41, 5.74) is -0.0510. The van der Waals surface area contributed by atoms with Crippen LogP contribution >= 0.6 is 0 Å². The van der Waals surface area contributed by atoms with Crippen molar-refractivity contribution in [2.45, 2.75) is 83.6 Å². The third-order valence-electron chi connectivity index (χ3n) is 4.15. The lowest BCUT2D eigenvalue weighted by molar-refractivity contribution is -0.187. The Hall–Kier alpha value is -0.120. The summed E-state index contributed by atoms with van der Waals surface area (Å²) in [7, 11) is 0. The molecule has 0 radical (unpaired) electrons. The highest BCUT2D eigenvalue weighted by Gasteiger charge is 2.39. The molecule has 0 spiro atoms. The molecule has 0 bridgehead atoms. The van der Waals surface area contributed by atoms with Crippen molar-refractivity contribution in [1.29, 1.82) is 0 Å². The second-order valence-corrected chi connectivity index (χ2v) is 7.75. The minimum absolute atomic E-state index is 0.0255. The summed E-state index contributed by atoms with van der Waals surface area (Å²) in [6, 6.07) is 1.50. The first-order valence-electron chi connectivity index (χ1n) is 7.95. The summed E-state index contributed by atoms with van der Waals surface area (Å²) in [6.07, 6.45) is 5.35. The van der Waals surface area contributed by atoms with Crippen molar-refractivity contribution in [2.75, 3.05) is 19.6 Å². The predicted molar refractivity (Wildman–Crippen MR) is 80.5 cm³/mol. The lowest BCUT2D eigenvalue weighted by Gasteiger charge is -2.49. The largest absolute Gasteiger partial charge is 0.367 e. The van der Waals surface area contributed by atoms with Gasteiger partial charge in [0.15, 0.2) is 0 Å². The Morgan fingerprint density at radius 2 is 1.74 bits per heavy atom. The molecule has 0 aromatic rings. The zero-order valence-electron chi connectivity index (χ0n) is 13.5. The number of nitrogens with one attached hydrogen (secondary N) is 1. The molecule has 0 amide bonds. The van der Waals surface area contributed by atoms with Crippen LogP contribution in [0.3, 0.4) is 0 Å². The molecule has 1 aliphatic heterocycles. The van der Waals surface area contributed by atoms with Crippen LogP contribution in [0.2, 0.25) is 0 Å². The third kappa shape index (κ3) is 5.05. The van der Waals surface area contributed by atoms with Crippen molar-refractivity contribution >= 4 is 0 Å². The van der Waals surface area contributed by atoms with Gasteiger partial charge >= 0.3 is 0 Å². The van der Waals surface area contributed by atoms with Gasteiger partial charge in [-0.3, -0.25) is 4.90 Å². The third-order valence-corrected chi connectivity index (χ3v) is 4.15. The number of ether oxygens (including phenoxy) is 1. The Morgan fingerprint density at radius 3 is 2.26 bits per heavy atom. The molecule has 2 rings (SSSR count). The van der Waals surface area contributed by atoms with Crippen molar-refractivity contribution in [3.05, 3.63) is 0 Å². The Kier molecular flexibility index (Phi) is 4.59. The van der Waals surface area contributed by atoms with E-state index in [1.54, 1.807) is 0 Å². The molecule has 1 saturated carbocycles. The highest BCUT2D eigenvalue weighted by atomic mass is 16.5. The van der Waals surface area contributed by atoms with Crippen molar-refractivity contribution in [3.63, 3.8) is 0 Å². The Morgan fingerprint density at radius 1 is 1.16 bits per heavy atom. The van der Waals surface area contributed by atoms with E-state index in [0.717, 1.165) is 19.1 Å². The SMILES string of the molecule is CC(CCCNC1CC1)N1CC(C)(C)OC(C)(C)C1. The molecule has 1 unspecified atom stereocenters. The maximum absolute atomic E-state index is 6.15. The van der Waals surface area contributed by atoms with Gasteiger partial charge in [0.25, 0.3) is 0 Å². The number of morpholine rings is 1. The van der Waals surface area contributed by atoms with Gasteiger partial charge in [-0.25, -0.2) is 0 Å². The van der Waals surface area contributed by atoms with E-state index < -0.39 is 0 Å². The van der Waals surface area contributed by atoms with Gasteiger partial charge < -0.3 is 10.1 Å². The van der Waals surface area contributed by atoms with Crippen LogP contribution in [0.5, 0.6) is 0 Å². The highest BCUT2D eigenvalue weighted by molar-refractivity contribution is 4.91. The minimum Gasteiger partial charge on any atom is -0.367 e. The fourth-order valence-electron chi connectivity index (χ4n) is 3.33. The molecular formula is C16H32N2O. The fraction of sp³-hybridized carbons (Fsp3) is 1.00. The smallest absolute Gasteiger partial charge is 0.0760 e. The van der Waals surface area contributed by atoms with Gasteiger partial charge in [-0.2, -0.15) is 0 Å². The van der Waals surface area contributed by atoms with Crippen LogP contribution in [-0.2, 0) is 4.74 Å². The maximum Gasteiger partial charge on any atom is 0.0760 e. The molecular weight excluding hydrogens is 236 g/mol. The Labute approximate surface area is 119 Å². The van der Waals surface area contributed by atoms with Crippen molar-refractivity contribution in [3.8, 4) is 0 Å². The van der Waals surface area contributed by atoms with Crippen LogP contribution in [0.15, 0.2) is 0 Å². The monoisotopic (exact) mass is 268 g/mol. The summed E-state index contributed by atoms with van der Waals surface area (Å²) in [6.45, 7) is 14.5. The molecule has 0 aromatic carbocycles. The average molecular weight is 268 g/mol. The van der Waals surface area contributed by atoms with Gasteiger partial charge in [-0.15, -0.1) is 0 Å². The molecule has 112 valence electrons. The van der Waals surface area contributed by atoms with Crippen molar-refractivity contribution in [1.82, 2.24) is 10.2 Å². The van der Waals surface area contributed by atoms with Crippen LogP contribution in [0.25, 0.3) is 0 Å². The van der Waals surface area contributed by atoms with Crippen LogP contribution < -0.4 is 5.32 Å². The molecule has 2 aliphatic rings. The minimum atomic E-state index is -0.0255. The number of hydrogen-bond acceptors (Lipinski definition) is 3.